The number of fused-ring (bicyclic) bond motifs is 2. The lowest BCUT2D eigenvalue weighted by Crippen LogP contribution is -2.34. The number of hydrogen-bond donors (Lipinski definition) is 1. The van der Waals surface area contributed by atoms with Crippen LogP contribution in [0.1, 0.15) is 26.7 Å². The Bertz CT molecular complexity index is 952. The van der Waals surface area contributed by atoms with Crippen molar-refractivity contribution < 1.29 is 29.1 Å². The molecule has 0 atom stereocenters. The summed E-state index contributed by atoms with van der Waals surface area (Å²) in [5.74, 6) is -1.19. The van der Waals surface area contributed by atoms with Crippen molar-refractivity contribution in [3.63, 3.8) is 0 Å². The second-order valence-corrected chi connectivity index (χ2v) is 5.81. The zero-order valence-electron chi connectivity index (χ0n) is 15.3. The fraction of sp³-hybridized carbons (Fsp3) is 0.300. The summed E-state index contributed by atoms with van der Waals surface area (Å²) in [5, 5.41) is 17.6. The van der Waals surface area contributed by atoms with Gasteiger partial charge in [0.1, 0.15) is 12.1 Å². The summed E-state index contributed by atoms with van der Waals surface area (Å²) >= 11 is 0. The summed E-state index contributed by atoms with van der Waals surface area (Å²) in [5.41, 5.74) is 3.83. The number of aromatic nitrogens is 2. The number of ether oxygens (including phenoxy) is 1. The van der Waals surface area contributed by atoms with Gasteiger partial charge in [-0.3, -0.25) is 4.79 Å². The normalized spacial score (nSPS) is 10.3. The molecule has 0 bridgehead atoms. The molecule has 0 saturated carbocycles. The zero-order valence-corrected chi connectivity index (χ0v) is 15.3. The third kappa shape index (κ3) is 5.37. The monoisotopic (exact) mass is 370 g/mol. The SMILES string of the molecule is CC(=O)[O-].CC[n+]1c2ccccc2nc2c(OCCCC(=O)O)cccc21. The van der Waals surface area contributed by atoms with Crippen LogP contribution in [0.3, 0.4) is 0 Å². The van der Waals surface area contributed by atoms with Crippen LogP contribution in [-0.4, -0.2) is 28.6 Å². The Kier molecular flexibility index (Phi) is 7.05. The van der Waals surface area contributed by atoms with Crippen molar-refractivity contribution in [3.05, 3.63) is 42.5 Å². The van der Waals surface area contributed by atoms with Crippen LogP contribution in [0.4, 0.5) is 0 Å². The van der Waals surface area contributed by atoms with Crippen molar-refractivity contribution in [2.24, 2.45) is 0 Å². The minimum absolute atomic E-state index is 0.107. The minimum atomic E-state index is -1.08. The topological polar surface area (TPSA) is 103 Å². The highest BCUT2D eigenvalue weighted by Crippen LogP contribution is 2.24. The average molecular weight is 370 g/mol. The largest absolute Gasteiger partial charge is 0.550 e. The van der Waals surface area contributed by atoms with Crippen LogP contribution in [0.25, 0.3) is 22.1 Å². The number of aryl methyl sites for hydroxylation is 1. The van der Waals surface area contributed by atoms with Crippen LogP contribution in [-0.2, 0) is 16.1 Å². The molecule has 0 aliphatic rings. The summed E-state index contributed by atoms with van der Waals surface area (Å²) in [7, 11) is 0. The van der Waals surface area contributed by atoms with E-state index in [1.165, 1.54) is 0 Å². The van der Waals surface area contributed by atoms with Gasteiger partial charge >= 0.3 is 5.97 Å². The summed E-state index contributed by atoms with van der Waals surface area (Å²) < 4.78 is 7.99. The maximum atomic E-state index is 10.6. The van der Waals surface area contributed by atoms with E-state index in [0.29, 0.717) is 18.8 Å². The van der Waals surface area contributed by atoms with E-state index in [-0.39, 0.29) is 6.42 Å². The molecule has 0 aliphatic heterocycles. The molecule has 0 fully saturated rings. The van der Waals surface area contributed by atoms with E-state index in [2.05, 4.69) is 17.6 Å². The van der Waals surface area contributed by atoms with Crippen LogP contribution in [0, 0.1) is 0 Å². The fourth-order valence-electron chi connectivity index (χ4n) is 2.74. The number of hydrogen-bond acceptors (Lipinski definition) is 5. The van der Waals surface area contributed by atoms with E-state index in [1.807, 2.05) is 36.4 Å². The summed E-state index contributed by atoms with van der Waals surface area (Å²) in [4.78, 5) is 24.2. The third-order valence-corrected chi connectivity index (χ3v) is 3.78. The molecule has 0 radical (unpaired) electrons. The lowest BCUT2D eigenvalue weighted by molar-refractivity contribution is -0.641. The Morgan fingerprint density at radius 2 is 1.81 bits per heavy atom. The first-order valence-electron chi connectivity index (χ1n) is 8.67. The molecule has 0 aliphatic carbocycles. The molecule has 2 aromatic carbocycles. The van der Waals surface area contributed by atoms with Gasteiger partial charge in [0.15, 0.2) is 11.3 Å². The van der Waals surface area contributed by atoms with Crippen molar-refractivity contribution in [1.29, 1.82) is 0 Å². The number of nitrogens with zero attached hydrogens (tertiary/aromatic N) is 2. The Morgan fingerprint density at radius 1 is 1.15 bits per heavy atom. The van der Waals surface area contributed by atoms with Crippen LogP contribution in [0.2, 0.25) is 0 Å². The predicted octanol–water partition coefficient (Wildman–Crippen LogP) is 1.70. The summed E-state index contributed by atoms with van der Waals surface area (Å²) in [6.07, 6.45) is 0.586. The number of carboxylic acid groups (broad SMARTS) is 2. The number of rotatable bonds is 6. The van der Waals surface area contributed by atoms with Gasteiger partial charge in [-0.05, 0) is 32.4 Å². The van der Waals surface area contributed by atoms with Crippen molar-refractivity contribution in [1.82, 2.24) is 4.98 Å². The highest BCUT2D eigenvalue weighted by molar-refractivity contribution is 5.85. The van der Waals surface area contributed by atoms with Crippen LogP contribution in [0.15, 0.2) is 42.5 Å². The van der Waals surface area contributed by atoms with E-state index >= 15 is 0 Å². The summed E-state index contributed by atoms with van der Waals surface area (Å²) in [6, 6.07) is 13.9. The molecular weight excluding hydrogens is 348 g/mol. The van der Waals surface area contributed by atoms with Gasteiger partial charge in [-0.2, -0.15) is 4.57 Å². The van der Waals surface area contributed by atoms with E-state index < -0.39 is 11.9 Å². The molecule has 0 unspecified atom stereocenters. The first-order chi connectivity index (χ1) is 12.9. The van der Waals surface area contributed by atoms with Gasteiger partial charge in [0.05, 0.1) is 6.61 Å². The Morgan fingerprint density at radius 3 is 2.48 bits per heavy atom. The van der Waals surface area contributed by atoms with Gasteiger partial charge in [-0.15, -0.1) is 0 Å². The van der Waals surface area contributed by atoms with Crippen molar-refractivity contribution in [3.8, 4) is 5.75 Å². The molecular formula is C20H22N2O5. The number of carboxylic acids is 2. The van der Waals surface area contributed by atoms with Gasteiger partial charge in [0.25, 0.3) is 0 Å². The Balaban J connectivity index is 0.000000596. The third-order valence-electron chi connectivity index (χ3n) is 3.78. The molecule has 1 aromatic heterocycles. The Labute approximate surface area is 156 Å². The smallest absolute Gasteiger partial charge is 0.303 e. The molecule has 27 heavy (non-hydrogen) atoms. The minimum Gasteiger partial charge on any atom is -0.550 e. The second-order valence-electron chi connectivity index (χ2n) is 5.81. The molecule has 1 heterocycles. The lowest BCUT2D eigenvalue weighted by atomic mass is 10.2. The lowest BCUT2D eigenvalue weighted by Gasteiger charge is -2.09. The molecule has 142 valence electrons. The van der Waals surface area contributed by atoms with E-state index in [1.54, 1.807) is 0 Å². The number of benzene rings is 2. The first-order valence-corrected chi connectivity index (χ1v) is 8.67. The number of aliphatic carboxylic acids is 2. The first kappa shape index (κ1) is 20.1. The van der Waals surface area contributed by atoms with Crippen molar-refractivity contribution in [2.75, 3.05) is 6.61 Å². The summed E-state index contributed by atoms with van der Waals surface area (Å²) in [6.45, 7) is 4.28. The zero-order chi connectivity index (χ0) is 19.8. The van der Waals surface area contributed by atoms with Crippen LogP contribution >= 0.6 is 0 Å². The highest BCUT2D eigenvalue weighted by atomic mass is 16.5. The highest BCUT2D eigenvalue weighted by Gasteiger charge is 2.17. The van der Waals surface area contributed by atoms with Crippen LogP contribution in [0.5, 0.6) is 5.75 Å². The fourth-order valence-corrected chi connectivity index (χ4v) is 2.74. The van der Waals surface area contributed by atoms with E-state index in [9.17, 15) is 4.79 Å². The second kappa shape index (κ2) is 9.47. The molecule has 0 saturated heterocycles. The average Bonchev–Trinajstić information content (AvgIpc) is 2.63. The number of para-hydroxylation sites is 3. The van der Waals surface area contributed by atoms with Gasteiger partial charge < -0.3 is 19.7 Å². The molecule has 7 heteroatoms. The number of carbonyl (C=O) groups excluding carboxylic acids is 1. The molecule has 1 N–H and O–H groups in total. The van der Waals surface area contributed by atoms with Gasteiger partial charge in [0.2, 0.25) is 11.0 Å². The van der Waals surface area contributed by atoms with Gasteiger partial charge in [-0.25, -0.2) is 4.98 Å². The standard InChI is InChI=1S/C18H18N2O3.C2H4O2/c1-2-20-14-8-4-3-7-13(14)19-18-15(20)9-5-10-16(18)23-12-6-11-17(21)22;1-2(3)4/h3-5,7-10H,2,6,11-12H2,1H3;1H3,(H,3,4). The molecule has 7 nitrogen and oxygen atoms in total. The molecule has 0 spiro atoms. The maximum Gasteiger partial charge on any atom is 0.303 e. The Hall–Kier alpha value is -3.22. The van der Waals surface area contributed by atoms with E-state index in [4.69, 9.17) is 24.7 Å². The van der Waals surface area contributed by atoms with Crippen molar-refractivity contribution >= 4 is 34.0 Å². The predicted molar refractivity (Wildman–Crippen MR) is 98.2 cm³/mol. The number of carbonyl (C=O) groups is 2. The quantitative estimate of drug-likeness (QED) is 0.402. The molecule has 3 aromatic rings. The maximum absolute atomic E-state index is 10.6. The van der Waals surface area contributed by atoms with Gasteiger partial charge in [-0.1, -0.05) is 18.2 Å². The van der Waals surface area contributed by atoms with Gasteiger partial charge in [0, 0.05) is 24.5 Å². The van der Waals surface area contributed by atoms with Crippen molar-refractivity contribution in [2.45, 2.75) is 33.2 Å². The van der Waals surface area contributed by atoms with E-state index in [0.717, 1.165) is 35.5 Å². The van der Waals surface area contributed by atoms with Crippen LogP contribution < -0.4 is 14.4 Å². The molecule has 0 amide bonds. The molecule has 3 rings (SSSR count).